The van der Waals surface area contributed by atoms with Gasteiger partial charge in [0.2, 0.25) is 0 Å². The number of benzene rings is 1. The Morgan fingerprint density at radius 2 is 2.38 bits per heavy atom. The highest BCUT2D eigenvalue weighted by atomic mass is 16.6. The molecule has 1 aromatic rings. The minimum Gasteiger partial charge on any atom is -0.493 e. The first-order valence-electron chi connectivity index (χ1n) is 5.55. The van der Waals surface area contributed by atoms with E-state index in [2.05, 4.69) is 11.2 Å². The average Bonchev–Trinajstić information content (AvgIpc) is 2.96. The molecular formula is C12H14N2O2. The summed E-state index contributed by atoms with van der Waals surface area (Å²) >= 11 is 0. The maximum absolute atomic E-state index is 5.55. The predicted molar refractivity (Wildman–Crippen MR) is 60.7 cm³/mol. The highest BCUT2D eigenvalue weighted by Gasteiger charge is 2.22. The highest BCUT2D eigenvalue weighted by molar-refractivity contribution is 6.01. The van der Waals surface area contributed by atoms with Gasteiger partial charge < -0.3 is 15.3 Å². The summed E-state index contributed by atoms with van der Waals surface area (Å²) in [5, 5.41) is 4.08. The molecule has 16 heavy (non-hydrogen) atoms. The molecule has 4 nitrogen and oxygen atoms in total. The smallest absolute Gasteiger partial charge is 0.145 e. The lowest BCUT2D eigenvalue weighted by molar-refractivity contribution is 0.0918. The fourth-order valence-corrected chi connectivity index (χ4v) is 2.09. The Hall–Kier alpha value is -1.55. The molecule has 84 valence electrons. The number of nitrogens with zero attached hydrogens (tertiary/aromatic N) is 1. The monoisotopic (exact) mass is 218 g/mol. The van der Waals surface area contributed by atoms with Gasteiger partial charge in [-0.05, 0) is 29.3 Å². The molecule has 0 aliphatic carbocycles. The summed E-state index contributed by atoms with van der Waals surface area (Å²) < 4.78 is 5.47. The van der Waals surface area contributed by atoms with Crippen LogP contribution in [0.1, 0.15) is 17.5 Å². The van der Waals surface area contributed by atoms with Gasteiger partial charge in [-0.25, -0.2) is 0 Å². The fraction of sp³-hybridized carbons (Fsp3) is 0.417. The van der Waals surface area contributed by atoms with Crippen LogP contribution in [0.5, 0.6) is 5.75 Å². The molecule has 4 heteroatoms. The minimum absolute atomic E-state index is 0.0412. The van der Waals surface area contributed by atoms with Crippen molar-refractivity contribution in [3.63, 3.8) is 0 Å². The third-order valence-electron chi connectivity index (χ3n) is 3.02. The van der Waals surface area contributed by atoms with Gasteiger partial charge in [0.05, 0.1) is 12.3 Å². The molecule has 1 aromatic carbocycles. The topological polar surface area (TPSA) is 56.8 Å². The summed E-state index contributed by atoms with van der Waals surface area (Å²) in [6, 6.07) is 6.19. The first-order chi connectivity index (χ1) is 7.86. The van der Waals surface area contributed by atoms with Crippen LogP contribution in [0.15, 0.2) is 23.4 Å². The van der Waals surface area contributed by atoms with Gasteiger partial charge in [-0.1, -0.05) is 5.16 Å². The Labute approximate surface area is 94.0 Å². The molecule has 0 spiro atoms. The third-order valence-corrected chi connectivity index (χ3v) is 3.02. The lowest BCUT2D eigenvalue weighted by Crippen LogP contribution is -2.20. The Morgan fingerprint density at radius 1 is 1.44 bits per heavy atom. The van der Waals surface area contributed by atoms with E-state index >= 15 is 0 Å². The molecule has 0 radical (unpaired) electrons. The predicted octanol–water partition coefficient (Wildman–Crippen LogP) is 1.07. The van der Waals surface area contributed by atoms with Crippen molar-refractivity contribution in [3.05, 3.63) is 29.3 Å². The van der Waals surface area contributed by atoms with Gasteiger partial charge in [0.1, 0.15) is 11.9 Å². The average molecular weight is 218 g/mol. The van der Waals surface area contributed by atoms with E-state index in [4.69, 9.17) is 15.3 Å². The van der Waals surface area contributed by atoms with E-state index in [9.17, 15) is 0 Å². The summed E-state index contributed by atoms with van der Waals surface area (Å²) in [7, 11) is 0. The van der Waals surface area contributed by atoms with Gasteiger partial charge in [-0.15, -0.1) is 0 Å². The van der Waals surface area contributed by atoms with Crippen molar-refractivity contribution in [3.8, 4) is 5.75 Å². The maximum atomic E-state index is 5.55. The third kappa shape index (κ3) is 1.55. The van der Waals surface area contributed by atoms with Crippen molar-refractivity contribution in [2.24, 2.45) is 10.9 Å². The Kier molecular flexibility index (Phi) is 2.29. The molecule has 0 fully saturated rings. The van der Waals surface area contributed by atoms with Crippen LogP contribution in [-0.4, -0.2) is 25.0 Å². The second kappa shape index (κ2) is 3.79. The standard InChI is InChI=1S/C12H14N2O2/c13-7-10-6-11(14-16-10)8-1-2-12-9(5-8)3-4-15-12/h1-2,5,10H,3-4,6-7,13H2/t10-/m0/s1. The zero-order chi connectivity index (χ0) is 11.0. The number of hydrogen-bond acceptors (Lipinski definition) is 4. The molecule has 2 aliphatic heterocycles. The SMILES string of the molecule is NC[C@@H]1CC(c2ccc3c(c2)CCO3)=NO1. The van der Waals surface area contributed by atoms with Crippen molar-refractivity contribution in [1.82, 2.24) is 0 Å². The summed E-state index contributed by atoms with van der Waals surface area (Å²) in [6.07, 6.45) is 1.83. The number of ether oxygens (including phenoxy) is 1. The Morgan fingerprint density at radius 3 is 3.19 bits per heavy atom. The second-order valence-corrected chi connectivity index (χ2v) is 4.13. The summed E-state index contributed by atoms with van der Waals surface area (Å²) in [5.74, 6) is 0.999. The van der Waals surface area contributed by atoms with Crippen LogP contribution < -0.4 is 10.5 Å². The first-order valence-corrected chi connectivity index (χ1v) is 5.55. The zero-order valence-electron chi connectivity index (χ0n) is 8.98. The molecule has 0 bridgehead atoms. The molecule has 2 heterocycles. The van der Waals surface area contributed by atoms with Gasteiger partial charge >= 0.3 is 0 Å². The molecule has 0 aromatic heterocycles. The van der Waals surface area contributed by atoms with E-state index in [-0.39, 0.29) is 6.10 Å². The van der Waals surface area contributed by atoms with E-state index in [0.29, 0.717) is 6.54 Å². The number of rotatable bonds is 2. The van der Waals surface area contributed by atoms with Crippen LogP contribution in [0.25, 0.3) is 0 Å². The van der Waals surface area contributed by atoms with Crippen LogP contribution in [0.3, 0.4) is 0 Å². The van der Waals surface area contributed by atoms with Crippen LogP contribution in [-0.2, 0) is 11.3 Å². The summed E-state index contributed by atoms with van der Waals surface area (Å²) in [6.45, 7) is 1.30. The number of nitrogens with two attached hydrogens (primary N) is 1. The van der Waals surface area contributed by atoms with Crippen LogP contribution in [0, 0.1) is 0 Å². The van der Waals surface area contributed by atoms with Crippen molar-refractivity contribution in [1.29, 1.82) is 0 Å². The molecule has 0 amide bonds. The van der Waals surface area contributed by atoms with Crippen LogP contribution in [0.2, 0.25) is 0 Å². The lowest BCUT2D eigenvalue weighted by Gasteiger charge is -2.03. The van der Waals surface area contributed by atoms with Crippen molar-refractivity contribution in [2.75, 3.05) is 13.2 Å². The molecule has 0 saturated heterocycles. The first kappa shape index (κ1) is 9.66. The van der Waals surface area contributed by atoms with Crippen molar-refractivity contribution >= 4 is 5.71 Å². The van der Waals surface area contributed by atoms with E-state index < -0.39 is 0 Å². The lowest BCUT2D eigenvalue weighted by atomic mass is 10.0. The Balaban J connectivity index is 1.85. The summed E-state index contributed by atoms with van der Waals surface area (Å²) in [5.41, 5.74) is 8.92. The minimum atomic E-state index is 0.0412. The van der Waals surface area contributed by atoms with Crippen molar-refractivity contribution in [2.45, 2.75) is 18.9 Å². The number of oxime groups is 1. The normalized spacial score (nSPS) is 22.3. The van der Waals surface area contributed by atoms with Gasteiger partial charge in [-0.2, -0.15) is 0 Å². The van der Waals surface area contributed by atoms with E-state index in [1.54, 1.807) is 0 Å². The molecule has 0 saturated carbocycles. The van der Waals surface area contributed by atoms with Crippen LogP contribution in [0.4, 0.5) is 0 Å². The van der Waals surface area contributed by atoms with E-state index in [0.717, 1.165) is 36.5 Å². The van der Waals surface area contributed by atoms with Gasteiger partial charge in [-0.3, -0.25) is 0 Å². The molecule has 2 aliphatic rings. The van der Waals surface area contributed by atoms with E-state index in [1.807, 2.05) is 12.1 Å². The second-order valence-electron chi connectivity index (χ2n) is 4.13. The fourth-order valence-electron chi connectivity index (χ4n) is 2.09. The van der Waals surface area contributed by atoms with Gasteiger partial charge in [0.15, 0.2) is 0 Å². The molecular weight excluding hydrogens is 204 g/mol. The summed E-state index contributed by atoms with van der Waals surface area (Å²) in [4.78, 5) is 5.22. The number of hydrogen-bond donors (Lipinski definition) is 1. The van der Waals surface area contributed by atoms with Crippen LogP contribution >= 0.6 is 0 Å². The van der Waals surface area contributed by atoms with Crippen molar-refractivity contribution < 1.29 is 9.57 Å². The largest absolute Gasteiger partial charge is 0.493 e. The quantitative estimate of drug-likeness (QED) is 0.808. The Bertz CT molecular complexity index is 443. The van der Waals surface area contributed by atoms with Gasteiger partial charge in [0, 0.05) is 19.4 Å². The highest BCUT2D eigenvalue weighted by Crippen LogP contribution is 2.27. The van der Waals surface area contributed by atoms with Gasteiger partial charge in [0.25, 0.3) is 0 Å². The molecule has 3 rings (SSSR count). The number of fused-ring (bicyclic) bond motifs is 1. The van der Waals surface area contributed by atoms with E-state index in [1.165, 1.54) is 5.56 Å². The zero-order valence-corrected chi connectivity index (χ0v) is 8.98. The molecule has 1 atom stereocenters. The maximum Gasteiger partial charge on any atom is 0.145 e. The molecule has 0 unspecified atom stereocenters. The molecule has 2 N–H and O–H groups in total.